The molecule has 0 bridgehead atoms. The molecular weight excluding hydrogens is 275 g/mol. The molecule has 0 aliphatic heterocycles. The molecule has 0 aromatic heterocycles. The first-order valence-corrected chi connectivity index (χ1v) is 7.12. The number of rotatable bonds is 2. The van der Waals surface area contributed by atoms with E-state index < -0.39 is 4.33 Å². The van der Waals surface area contributed by atoms with E-state index in [4.69, 9.17) is 23.2 Å². The van der Waals surface area contributed by atoms with Crippen LogP contribution in [0.5, 0.6) is 0 Å². The van der Waals surface area contributed by atoms with Crippen LogP contribution >= 0.6 is 23.2 Å². The lowest BCUT2D eigenvalue weighted by Crippen LogP contribution is -2.14. The molecule has 0 saturated carbocycles. The molecule has 2 aromatic carbocycles. The van der Waals surface area contributed by atoms with Gasteiger partial charge < -0.3 is 0 Å². The van der Waals surface area contributed by atoms with Gasteiger partial charge in [-0.15, -0.1) is 0 Å². The van der Waals surface area contributed by atoms with Crippen molar-refractivity contribution in [2.75, 3.05) is 0 Å². The number of alkyl halides is 2. The molecule has 100 valence electrons. The van der Waals surface area contributed by atoms with Gasteiger partial charge in [0.15, 0.2) is 4.33 Å². The molecular formula is C17H18Cl2. The fourth-order valence-corrected chi connectivity index (χ4v) is 2.50. The molecule has 0 atom stereocenters. The van der Waals surface area contributed by atoms with Crippen LogP contribution in [0, 0.1) is 0 Å². The first kappa shape index (κ1) is 14.4. The maximum Gasteiger partial charge on any atom is 0.168 e. The van der Waals surface area contributed by atoms with Crippen molar-refractivity contribution >= 4 is 23.2 Å². The Hall–Kier alpha value is -0.980. The van der Waals surface area contributed by atoms with E-state index in [2.05, 4.69) is 32.9 Å². The summed E-state index contributed by atoms with van der Waals surface area (Å²) in [5, 5.41) is 0. The average molecular weight is 293 g/mol. The van der Waals surface area contributed by atoms with Crippen LogP contribution in [-0.4, -0.2) is 0 Å². The van der Waals surface area contributed by atoms with Crippen LogP contribution in [0.15, 0.2) is 54.6 Å². The minimum Gasteiger partial charge on any atom is -0.0909 e. The maximum atomic E-state index is 6.52. The Labute approximate surface area is 125 Å². The monoisotopic (exact) mass is 292 g/mol. The number of benzene rings is 2. The van der Waals surface area contributed by atoms with Gasteiger partial charge in [-0.2, -0.15) is 0 Å². The lowest BCUT2D eigenvalue weighted by molar-refractivity contribution is 0.590. The zero-order chi connectivity index (χ0) is 14.1. The molecule has 0 amide bonds. The van der Waals surface area contributed by atoms with E-state index in [9.17, 15) is 0 Å². The lowest BCUT2D eigenvalue weighted by atomic mass is 9.86. The standard InChI is InChI=1S/C17H18Cl2/c1-16(2,3)13-9-11-15(12-10-13)17(18,19)14-7-5-4-6-8-14/h4-12H,1-3H3. The Morgan fingerprint density at radius 2 is 1.05 bits per heavy atom. The van der Waals surface area contributed by atoms with Crippen molar-refractivity contribution in [3.63, 3.8) is 0 Å². The Morgan fingerprint density at radius 3 is 1.53 bits per heavy atom. The zero-order valence-electron chi connectivity index (χ0n) is 11.5. The van der Waals surface area contributed by atoms with Gasteiger partial charge in [0.05, 0.1) is 0 Å². The summed E-state index contributed by atoms with van der Waals surface area (Å²) in [6.07, 6.45) is 0. The average Bonchev–Trinajstić information content (AvgIpc) is 2.39. The van der Waals surface area contributed by atoms with Gasteiger partial charge in [0.2, 0.25) is 0 Å². The van der Waals surface area contributed by atoms with E-state index in [1.54, 1.807) is 0 Å². The Morgan fingerprint density at radius 1 is 0.632 bits per heavy atom. The molecule has 0 saturated heterocycles. The Bertz CT molecular complexity index is 534. The molecule has 2 aromatic rings. The Kier molecular flexibility index (Phi) is 3.94. The van der Waals surface area contributed by atoms with Gasteiger partial charge in [-0.25, -0.2) is 0 Å². The highest BCUT2D eigenvalue weighted by molar-refractivity contribution is 6.50. The highest BCUT2D eigenvalue weighted by Gasteiger charge is 2.29. The first-order chi connectivity index (χ1) is 8.82. The smallest absolute Gasteiger partial charge is 0.0909 e. The van der Waals surface area contributed by atoms with Crippen LogP contribution < -0.4 is 0 Å². The molecule has 0 heterocycles. The molecule has 0 radical (unpaired) electrons. The predicted octanol–water partition coefficient (Wildman–Crippen LogP) is 5.66. The summed E-state index contributed by atoms with van der Waals surface area (Å²) in [7, 11) is 0. The van der Waals surface area contributed by atoms with Gasteiger partial charge in [0.25, 0.3) is 0 Å². The minimum absolute atomic E-state index is 0.132. The SMILES string of the molecule is CC(C)(C)c1ccc(C(Cl)(Cl)c2ccccc2)cc1. The quantitative estimate of drug-likeness (QED) is 0.626. The van der Waals surface area contributed by atoms with E-state index in [1.165, 1.54) is 5.56 Å². The summed E-state index contributed by atoms with van der Waals surface area (Å²) in [5.41, 5.74) is 3.19. The largest absolute Gasteiger partial charge is 0.168 e. The van der Waals surface area contributed by atoms with E-state index in [1.807, 2.05) is 42.5 Å². The summed E-state index contributed by atoms with van der Waals surface area (Å²) in [6.45, 7) is 6.57. The molecule has 2 rings (SSSR count). The van der Waals surface area contributed by atoms with E-state index in [0.29, 0.717) is 0 Å². The fraction of sp³-hybridized carbons (Fsp3) is 0.294. The summed E-state index contributed by atoms with van der Waals surface area (Å²) < 4.78 is -1.00. The molecule has 0 spiro atoms. The summed E-state index contributed by atoms with van der Waals surface area (Å²) in [6, 6.07) is 17.9. The van der Waals surface area contributed by atoms with Crippen molar-refractivity contribution in [2.45, 2.75) is 30.5 Å². The van der Waals surface area contributed by atoms with Gasteiger partial charge in [-0.05, 0) is 22.1 Å². The molecule has 2 heteroatoms. The van der Waals surface area contributed by atoms with Gasteiger partial charge >= 0.3 is 0 Å². The second-order valence-electron chi connectivity index (χ2n) is 5.77. The minimum atomic E-state index is -1.00. The molecule has 0 fully saturated rings. The second kappa shape index (κ2) is 5.19. The zero-order valence-corrected chi connectivity index (χ0v) is 13.0. The van der Waals surface area contributed by atoms with Crippen molar-refractivity contribution in [1.29, 1.82) is 0 Å². The van der Waals surface area contributed by atoms with Crippen LogP contribution in [0.2, 0.25) is 0 Å². The third-order valence-corrected chi connectivity index (χ3v) is 4.12. The third-order valence-electron chi connectivity index (χ3n) is 3.25. The van der Waals surface area contributed by atoms with Crippen molar-refractivity contribution in [2.24, 2.45) is 0 Å². The summed E-state index contributed by atoms with van der Waals surface area (Å²) in [4.78, 5) is 0. The lowest BCUT2D eigenvalue weighted by Gasteiger charge is -2.23. The number of hydrogen-bond acceptors (Lipinski definition) is 0. The molecule has 0 aliphatic carbocycles. The predicted molar refractivity (Wildman–Crippen MR) is 84.1 cm³/mol. The van der Waals surface area contributed by atoms with Crippen LogP contribution in [0.4, 0.5) is 0 Å². The third kappa shape index (κ3) is 3.13. The number of halogens is 2. The van der Waals surface area contributed by atoms with Crippen molar-refractivity contribution < 1.29 is 0 Å². The van der Waals surface area contributed by atoms with Crippen LogP contribution in [0.3, 0.4) is 0 Å². The van der Waals surface area contributed by atoms with Crippen LogP contribution in [0.25, 0.3) is 0 Å². The maximum absolute atomic E-state index is 6.52. The highest BCUT2D eigenvalue weighted by Crippen LogP contribution is 2.41. The summed E-state index contributed by atoms with van der Waals surface area (Å²) in [5.74, 6) is 0. The summed E-state index contributed by atoms with van der Waals surface area (Å²) >= 11 is 13.0. The normalized spacial score (nSPS) is 12.5. The molecule has 0 nitrogen and oxygen atoms in total. The van der Waals surface area contributed by atoms with Crippen molar-refractivity contribution in [1.82, 2.24) is 0 Å². The fourth-order valence-electron chi connectivity index (χ4n) is 1.99. The first-order valence-electron chi connectivity index (χ1n) is 6.36. The van der Waals surface area contributed by atoms with Gasteiger partial charge in [-0.1, -0.05) is 98.6 Å². The molecule has 0 unspecified atom stereocenters. The van der Waals surface area contributed by atoms with E-state index >= 15 is 0 Å². The van der Waals surface area contributed by atoms with Gasteiger partial charge in [-0.3, -0.25) is 0 Å². The number of hydrogen-bond donors (Lipinski definition) is 0. The van der Waals surface area contributed by atoms with Gasteiger partial charge in [0, 0.05) is 0 Å². The van der Waals surface area contributed by atoms with Crippen LogP contribution in [-0.2, 0) is 9.75 Å². The highest BCUT2D eigenvalue weighted by atomic mass is 35.5. The second-order valence-corrected chi connectivity index (χ2v) is 7.10. The molecule has 0 N–H and O–H groups in total. The van der Waals surface area contributed by atoms with E-state index in [0.717, 1.165) is 11.1 Å². The molecule has 19 heavy (non-hydrogen) atoms. The van der Waals surface area contributed by atoms with E-state index in [-0.39, 0.29) is 5.41 Å². The topological polar surface area (TPSA) is 0 Å². The van der Waals surface area contributed by atoms with Crippen molar-refractivity contribution in [3.8, 4) is 0 Å². The molecule has 0 aliphatic rings. The van der Waals surface area contributed by atoms with Crippen LogP contribution in [0.1, 0.15) is 37.5 Å². The Balaban J connectivity index is 2.37. The van der Waals surface area contributed by atoms with Crippen molar-refractivity contribution in [3.05, 3.63) is 71.3 Å². The van der Waals surface area contributed by atoms with Gasteiger partial charge in [0.1, 0.15) is 0 Å².